The van der Waals surface area contributed by atoms with E-state index in [2.05, 4.69) is 35.5 Å². The molecule has 2 aliphatic rings. The van der Waals surface area contributed by atoms with Gasteiger partial charge >= 0.3 is 0 Å². The molecule has 4 rings (SSSR count). The van der Waals surface area contributed by atoms with Gasteiger partial charge in [-0.25, -0.2) is 0 Å². The number of likely N-dealkylation sites (tertiary alicyclic amines) is 1. The van der Waals surface area contributed by atoms with Crippen molar-refractivity contribution in [2.24, 2.45) is 0 Å². The number of hydrogen-bond acceptors (Lipinski definition) is 4. The first-order valence-electron chi connectivity index (χ1n) is 9.32. The zero-order chi connectivity index (χ0) is 18.3. The van der Waals surface area contributed by atoms with E-state index in [0.717, 1.165) is 37.6 Å². The third-order valence-electron chi connectivity index (χ3n) is 5.58. The fourth-order valence-corrected chi connectivity index (χ4v) is 4.22. The first-order chi connectivity index (χ1) is 12.6. The quantitative estimate of drug-likeness (QED) is 0.844. The van der Waals surface area contributed by atoms with Crippen LogP contribution < -0.4 is 4.90 Å². The van der Waals surface area contributed by atoms with Crippen LogP contribution in [0.5, 0.6) is 0 Å². The van der Waals surface area contributed by atoms with Crippen molar-refractivity contribution < 1.29 is 9.53 Å². The molecule has 2 saturated heterocycles. The Bertz CT molecular complexity index is 802. The fourth-order valence-electron chi connectivity index (χ4n) is 4.22. The molecule has 0 spiro atoms. The van der Waals surface area contributed by atoms with Crippen LogP contribution in [0.15, 0.2) is 30.3 Å². The van der Waals surface area contributed by atoms with Gasteiger partial charge in [-0.15, -0.1) is 0 Å². The highest BCUT2D eigenvalue weighted by Gasteiger charge is 2.43. The predicted octanol–water partition coefficient (Wildman–Crippen LogP) is 2.14. The molecule has 2 atom stereocenters. The highest BCUT2D eigenvalue weighted by Crippen LogP contribution is 2.30. The van der Waals surface area contributed by atoms with E-state index < -0.39 is 0 Å². The lowest BCUT2D eigenvalue weighted by Crippen LogP contribution is -2.54. The highest BCUT2D eigenvalue weighted by molar-refractivity contribution is 5.95. The second-order valence-electron chi connectivity index (χ2n) is 7.18. The first kappa shape index (κ1) is 17.2. The standard InChI is InChI=1S/C20H26N4O2/c1-4-23-15(3)17(14(2)21-23)10-22-11-18-19(12-22)26-13-20(25)24(18)16-8-6-5-7-9-16/h5-9,18-19H,4,10-13H2,1-3H3/t18-,19-/m0/s1. The normalized spacial score (nSPS) is 23.5. The lowest BCUT2D eigenvalue weighted by atomic mass is 10.1. The Labute approximate surface area is 154 Å². The minimum Gasteiger partial charge on any atom is -0.365 e. The maximum absolute atomic E-state index is 12.5. The SMILES string of the molecule is CCn1nc(C)c(CN2C[C@@H]3OCC(=O)N(c4ccccc4)[C@H]3C2)c1C. The van der Waals surface area contributed by atoms with E-state index in [9.17, 15) is 4.79 Å². The number of nitrogens with zero attached hydrogens (tertiary/aromatic N) is 4. The maximum Gasteiger partial charge on any atom is 0.253 e. The van der Waals surface area contributed by atoms with Crippen molar-refractivity contribution in [3.8, 4) is 0 Å². The number of carbonyl (C=O) groups is 1. The van der Waals surface area contributed by atoms with Crippen LogP contribution in [-0.4, -0.2) is 52.4 Å². The smallest absolute Gasteiger partial charge is 0.253 e. The molecule has 1 aromatic heterocycles. The second-order valence-corrected chi connectivity index (χ2v) is 7.18. The maximum atomic E-state index is 12.5. The molecule has 138 valence electrons. The van der Waals surface area contributed by atoms with Gasteiger partial charge in [0.1, 0.15) is 6.61 Å². The van der Waals surface area contributed by atoms with Gasteiger partial charge in [-0.05, 0) is 32.9 Å². The fraction of sp³-hybridized carbons (Fsp3) is 0.500. The Morgan fingerprint density at radius 1 is 1.19 bits per heavy atom. The minimum atomic E-state index is 0.0467. The van der Waals surface area contributed by atoms with Crippen LogP contribution in [0.2, 0.25) is 0 Å². The molecule has 26 heavy (non-hydrogen) atoms. The zero-order valence-corrected chi connectivity index (χ0v) is 15.7. The lowest BCUT2D eigenvalue weighted by molar-refractivity contribution is -0.130. The number of rotatable bonds is 4. The average Bonchev–Trinajstić information content (AvgIpc) is 3.17. The third-order valence-corrected chi connectivity index (χ3v) is 5.58. The number of benzene rings is 1. The molecular weight excluding hydrogens is 328 g/mol. The molecule has 6 nitrogen and oxygen atoms in total. The van der Waals surface area contributed by atoms with E-state index in [-0.39, 0.29) is 24.7 Å². The van der Waals surface area contributed by atoms with Gasteiger partial charge < -0.3 is 9.64 Å². The molecule has 3 heterocycles. The van der Waals surface area contributed by atoms with Crippen LogP contribution in [0.3, 0.4) is 0 Å². The minimum absolute atomic E-state index is 0.0467. The van der Waals surface area contributed by atoms with E-state index in [1.165, 1.54) is 11.3 Å². The van der Waals surface area contributed by atoms with Gasteiger partial charge in [-0.1, -0.05) is 18.2 Å². The number of aromatic nitrogens is 2. The van der Waals surface area contributed by atoms with Gasteiger partial charge in [0.05, 0.1) is 17.8 Å². The Hall–Kier alpha value is -2.18. The number of para-hydroxylation sites is 1. The van der Waals surface area contributed by atoms with E-state index in [0.29, 0.717) is 0 Å². The van der Waals surface area contributed by atoms with E-state index >= 15 is 0 Å². The summed E-state index contributed by atoms with van der Waals surface area (Å²) >= 11 is 0. The summed E-state index contributed by atoms with van der Waals surface area (Å²) in [5, 5.41) is 4.63. The number of amides is 1. The summed E-state index contributed by atoms with van der Waals surface area (Å²) in [6.45, 7) is 9.90. The van der Waals surface area contributed by atoms with Crippen molar-refractivity contribution in [2.75, 3.05) is 24.6 Å². The molecule has 0 bridgehead atoms. The summed E-state index contributed by atoms with van der Waals surface area (Å²) in [7, 11) is 0. The predicted molar refractivity (Wildman–Crippen MR) is 100 cm³/mol. The summed E-state index contributed by atoms with van der Waals surface area (Å²) in [5.74, 6) is 0.0467. The molecular formula is C20H26N4O2. The number of fused-ring (bicyclic) bond motifs is 1. The number of hydrogen-bond donors (Lipinski definition) is 0. The Kier molecular flexibility index (Phi) is 4.54. The van der Waals surface area contributed by atoms with Crippen LogP contribution in [-0.2, 0) is 22.6 Å². The summed E-state index contributed by atoms with van der Waals surface area (Å²) < 4.78 is 7.93. The molecule has 0 radical (unpaired) electrons. The molecule has 1 amide bonds. The van der Waals surface area contributed by atoms with Crippen LogP contribution >= 0.6 is 0 Å². The van der Waals surface area contributed by atoms with Crippen LogP contribution in [0.4, 0.5) is 5.69 Å². The molecule has 2 aromatic rings. The summed E-state index contributed by atoms with van der Waals surface area (Å²) in [5.41, 5.74) is 4.58. The molecule has 6 heteroatoms. The molecule has 2 aliphatic heterocycles. The number of morpholine rings is 1. The highest BCUT2D eigenvalue weighted by atomic mass is 16.5. The summed E-state index contributed by atoms with van der Waals surface area (Å²) in [6.07, 6.45) is 0.0646. The number of ether oxygens (including phenoxy) is 1. The largest absolute Gasteiger partial charge is 0.365 e. The van der Waals surface area contributed by atoms with Gasteiger partial charge in [-0.2, -0.15) is 5.10 Å². The Morgan fingerprint density at radius 2 is 1.96 bits per heavy atom. The second kappa shape index (κ2) is 6.85. The molecule has 0 unspecified atom stereocenters. The van der Waals surface area contributed by atoms with Gasteiger partial charge in [0.2, 0.25) is 0 Å². The van der Waals surface area contributed by atoms with Gasteiger partial charge in [0.25, 0.3) is 5.91 Å². The third kappa shape index (κ3) is 2.93. The van der Waals surface area contributed by atoms with Crippen molar-refractivity contribution in [1.82, 2.24) is 14.7 Å². The van der Waals surface area contributed by atoms with E-state index in [1.807, 2.05) is 35.2 Å². The van der Waals surface area contributed by atoms with Crippen LogP contribution in [0.1, 0.15) is 23.9 Å². The van der Waals surface area contributed by atoms with Crippen molar-refractivity contribution in [3.63, 3.8) is 0 Å². The van der Waals surface area contributed by atoms with Gasteiger partial charge in [0.15, 0.2) is 0 Å². The summed E-state index contributed by atoms with van der Waals surface area (Å²) in [4.78, 5) is 16.8. The van der Waals surface area contributed by atoms with Crippen LogP contribution in [0, 0.1) is 13.8 Å². The van der Waals surface area contributed by atoms with E-state index in [1.54, 1.807) is 0 Å². The monoisotopic (exact) mass is 354 g/mol. The topological polar surface area (TPSA) is 50.6 Å². The Morgan fingerprint density at radius 3 is 2.65 bits per heavy atom. The number of carbonyl (C=O) groups excluding carboxylic acids is 1. The van der Waals surface area contributed by atoms with Crippen molar-refractivity contribution in [2.45, 2.75) is 46.0 Å². The molecule has 2 fully saturated rings. The van der Waals surface area contributed by atoms with E-state index in [4.69, 9.17) is 4.74 Å². The lowest BCUT2D eigenvalue weighted by Gasteiger charge is -2.36. The zero-order valence-electron chi connectivity index (χ0n) is 15.7. The molecule has 1 aromatic carbocycles. The Balaban J connectivity index is 1.55. The average molecular weight is 354 g/mol. The number of aryl methyl sites for hydroxylation is 2. The van der Waals surface area contributed by atoms with Crippen molar-refractivity contribution >= 4 is 11.6 Å². The molecule has 0 saturated carbocycles. The van der Waals surface area contributed by atoms with Gasteiger partial charge in [0, 0.05) is 43.1 Å². The van der Waals surface area contributed by atoms with Crippen molar-refractivity contribution in [1.29, 1.82) is 0 Å². The van der Waals surface area contributed by atoms with Crippen molar-refractivity contribution in [3.05, 3.63) is 47.3 Å². The molecule has 0 N–H and O–H groups in total. The number of anilines is 1. The van der Waals surface area contributed by atoms with Gasteiger partial charge in [-0.3, -0.25) is 14.4 Å². The first-order valence-corrected chi connectivity index (χ1v) is 9.32. The summed E-state index contributed by atoms with van der Waals surface area (Å²) in [6, 6.07) is 10.0. The molecule has 0 aliphatic carbocycles. The van der Waals surface area contributed by atoms with Crippen LogP contribution in [0.25, 0.3) is 0 Å².